The van der Waals surface area contributed by atoms with Crippen LogP contribution in [0.2, 0.25) is 0 Å². The Hall–Kier alpha value is -3.94. The van der Waals surface area contributed by atoms with Crippen LogP contribution in [-0.2, 0) is 24.2 Å². The molecule has 41 heavy (non-hydrogen) atoms. The first-order chi connectivity index (χ1) is 20.0. The number of nitrogens with one attached hydrogen (secondary N) is 1. The predicted molar refractivity (Wildman–Crippen MR) is 158 cm³/mol. The second kappa shape index (κ2) is 11.9. The van der Waals surface area contributed by atoms with Gasteiger partial charge in [-0.2, -0.15) is 0 Å². The summed E-state index contributed by atoms with van der Waals surface area (Å²) in [5.74, 6) is 0.203. The fourth-order valence-corrected chi connectivity index (χ4v) is 5.99. The quantitative estimate of drug-likeness (QED) is 0.274. The highest BCUT2D eigenvalue weighted by Crippen LogP contribution is 2.41. The molecular weight excluding hydrogens is 514 g/mol. The Balaban J connectivity index is 1.23. The number of fused-ring (bicyclic) bond motifs is 1. The van der Waals surface area contributed by atoms with E-state index in [1.165, 1.54) is 18.4 Å². The molecule has 6 rings (SSSR count). The van der Waals surface area contributed by atoms with E-state index in [0.717, 1.165) is 27.6 Å². The zero-order valence-corrected chi connectivity index (χ0v) is 23.2. The average Bonchev–Trinajstić information content (AvgIpc) is 3.76. The van der Waals surface area contributed by atoms with Gasteiger partial charge < -0.3 is 25.0 Å². The van der Waals surface area contributed by atoms with Gasteiger partial charge in [0.2, 0.25) is 5.91 Å². The van der Waals surface area contributed by atoms with Crippen molar-refractivity contribution in [2.45, 2.75) is 44.2 Å². The number of aliphatic hydroxyl groups excluding tert-OH is 2. The summed E-state index contributed by atoms with van der Waals surface area (Å²) in [5, 5.41) is 20.1. The lowest BCUT2D eigenvalue weighted by Gasteiger charge is -2.41. The highest BCUT2D eigenvalue weighted by atomic mass is 16.3. The standard InChI is InChI=1S/C34H37N3O4/c38-21-26(22-39)14-24-7-4-8-25(13-24)18-37-30(15-23-5-2-1-3-6-23)19-36(20-33(37)40)34(41)32-17-29-16-28(27-9-10-27)11-12-31(29)35-32/h1-8,11-13,16-17,26-27,30,35,38-39H,9-10,14-15,18-22H2/t30-/m0/s1. The molecule has 1 aliphatic heterocycles. The molecule has 1 aromatic heterocycles. The highest BCUT2D eigenvalue weighted by Gasteiger charge is 2.35. The molecule has 4 aromatic rings. The third-order valence-corrected chi connectivity index (χ3v) is 8.43. The lowest BCUT2D eigenvalue weighted by atomic mass is 9.97. The molecule has 7 heteroatoms. The second-order valence-electron chi connectivity index (χ2n) is 11.6. The van der Waals surface area contributed by atoms with Gasteiger partial charge in [-0.25, -0.2) is 0 Å². The van der Waals surface area contributed by atoms with E-state index >= 15 is 0 Å². The van der Waals surface area contributed by atoms with E-state index in [2.05, 4.69) is 35.3 Å². The van der Waals surface area contributed by atoms with E-state index in [0.29, 0.717) is 37.5 Å². The first-order valence-electron chi connectivity index (χ1n) is 14.6. The molecule has 2 amide bonds. The largest absolute Gasteiger partial charge is 0.396 e. The lowest BCUT2D eigenvalue weighted by Crippen LogP contribution is -2.58. The number of carbonyl (C=O) groups is 2. The molecule has 1 saturated carbocycles. The van der Waals surface area contributed by atoms with Gasteiger partial charge in [-0.3, -0.25) is 9.59 Å². The van der Waals surface area contributed by atoms with Gasteiger partial charge in [-0.15, -0.1) is 0 Å². The zero-order valence-electron chi connectivity index (χ0n) is 23.2. The number of hydrogen-bond donors (Lipinski definition) is 3. The van der Waals surface area contributed by atoms with Crippen LogP contribution in [0.4, 0.5) is 0 Å². The summed E-state index contributed by atoms with van der Waals surface area (Å²) in [5.41, 5.74) is 5.90. The number of benzene rings is 3. The van der Waals surface area contributed by atoms with Gasteiger partial charge in [0, 0.05) is 43.1 Å². The van der Waals surface area contributed by atoms with E-state index in [9.17, 15) is 19.8 Å². The Bertz CT molecular complexity index is 1520. The second-order valence-corrected chi connectivity index (χ2v) is 11.6. The van der Waals surface area contributed by atoms with Crippen molar-refractivity contribution in [3.63, 3.8) is 0 Å². The minimum Gasteiger partial charge on any atom is -0.396 e. The summed E-state index contributed by atoms with van der Waals surface area (Å²) in [6, 6.07) is 26.2. The summed E-state index contributed by atoms with van der Waals surface area (Å²) in [6.45, 7) is 0.757. The molecule has 2 heterocycles. The fraction of sp³-hybridized carbons (Fsp3) is 0.353. The van der Waals surface area contributed by atoms with Crippen molar-refractivity contribution in [1.29, 1.82) is 0 Å². The monoisotopic (exact) mass is 551 g/mol. The van der Waals surface area contributed by atoms with Crippen molar-refractivity contribution in [3.8, 4) is 0 Å². The maximum Gasteiger partial charge on any atom is 0.270 e. The van der Waals surface area contributed by atoms with Gasteiger partial charge in [-0.1, -0.05) is 60.7 Å². The lowest BCUT2D eigenvalue weighted by molar-refractivity contribution is -0.139. The molecule has 3 N–H and O–H groups in total. The molecule has 0 radical (unpaired) electrons. The summed E-state index contributed by atoms with van der Waals surface area (Å²) < 4.78 is 0. The first kappa shape index (κ1) is 27.2. The minimum absolute atomic E-state index is 0.0314. The molecule has 7 nitrogen and oxygen atoms in total. The van der Waals surface area contributed by atoms with Crippen LogP contribution in [-0.4, -0.2) is 69.2 Å². The van der Waals surface area contributed by atoms with Gasteiger partial charge in [0.05, 0.1) is 6.04 Å². The third kappa shape index (κ3) is 6.21. The molecule has 0 bridgehead atoms. The van der Waals surface area contributed by atoms with Crippen LogP contribution >= 0.6 is 0 Å². The van der Waals surface area contributed by atoms with Crippen molar-refractivity contribution >= 4 is 22.7 Å². The van der Waals surface area contributed by atoms with Crippen molar-refractivity contribution < 1.29 is 19.8 Å². The van der Waals surface area contributed by atoms with Crippen LogP contribution in [0.5, 0.6) is 0 Å². The van der Waals surface area contributed by atoms with E-state index in [1.54, 1.807) is 4.90 Å². The molecule has 0 spiro atoms. The number of carbonyl (C=O) groups excluding carboxylic acids is 2. The van der Waals surface area contributed by atoms with Crippen molar-refractivity contribution in [2.24, 2.45) is 5.92 Å². The van der Waals surface area contributed by atoms with Crippen LogP contribution in [0, 0.1) is 5.92 Å². The van der Waals surface area contributed by atoms with Crippen molar-refractivity contribution in [2.75, 3.05) is 26.3 Å². The van der Waals surface area contributed by atoms with Crippen LogP contribution in [0.15, 0.2) is 78.9 Å². The fourth-order valence-electron chi connectivity index (χ4n) is 5.99. The number of H-pyrrole nitrogens is 1. The maximum atomic E-state index is 13.7. The number of piperazine rings is 1. The third-order valence-electron chi connectivity index (χ3n) is 8.43. The summed E-state index contributed by atoms with van der Waals surface area (Å²) in [6.07, 6.45) is 3.67. The topological polar surface area (TPSA) is 96.9 Å². The molecule has 3 aromatic carbocycles. The molecular formula is C34H37N3O4. The molecule has 0 unspecified atom stereocenters. The van der Waals surface area contributed by atoms with Gasteiger partial charge in [0.1, 0.15) is 12.2 Å². The number of aromatic nitrogens is 1. The van der Waals surface area contributed by atoms with E-state index in [1.807, 2.05) is 53.4 Å². The van der Waals surface area contributed by atoms with E-state index in [-0.39, 0.29) is 43.5 Å². The molecule has 1 atom stereocenters. The zero-order chi connectivity index (χ0) is 28.3. The highest BCUT2D eigenvalue weighted by molar-refractivity contribution is 6.00. The SMILES string of the molecule is O=C(c1cc2cc(C3CC3)ccc2[nH]1)N1CC(=O)N(Cc2cccc(CC(CO)CO)c2)[C@@H](Cc2ccccc2)C1. The Morgan fingerprint density at radius 2 is 1.66 bits per heavy atom. The number of rotatable bonds is 10. The van der Waals surface area contributed by atoms with Gasteiger partial charge in [0.25, 0.3) is 5.91 Å². The Labute approximate surface area is 240 Å². The van der Waals surface area contributed by atoms with Gasteiger partial charge in [-0.05, 0) is 72.1 Å². The molecule has 212 valence electrons. The number of aliphatic hydroxyl groups is 2. The normalized spacial score (nSPS) is 17.5. The molecule has 1 saturated heterocycles. The summed E-state index contributed by atoms with van der Waals surface area (Å²) >= 11 is 0. The smallest absolute Gasteiger partial charge is 0.270 e. The van der Waals surface area contributed by atoms with Crippen LogP contribution in [0.1, 0.15) is 51.5 Å². The minimum atomic E-state index is -0.211. The van der Waals surface area contributed by atoms with E-state index in [4.69, 9.17) is 0 Å². The molecule has 1 aliphatic carbocycles. The summed E-state index contributed by atoms with van der Waals surface area (Å²) in [4.78, 5) is 34.2. The maximum absolute atomic E-state index is 13.7. The van der Waals surface area contributed by atoms with Gasteiger partial charge >= 0.3 is 0 Å². The van der Waals surface area contributed by atoms with Gasteiger partial charge in [0.15, 0.2) is 0 Å². The average molecular weight is 552 g/mol. The number of hydrogen-bond acceptors (Lipinski definition) is 4. The Morgan fingerprint density at radius 1 is 0.902 bits per heavy atom. The van der Waals surface area contributed by atoms with E-state index < -0.39 is 0 Å². The Morgan fingerprint density at radius 3 is 2.41 bits per heavy atom. The number of aromatic amines is 1. The number of nitrogens with zero attached hydrogens (tertiary/aromatic N) is 2. The van der Waals surface area contributed by atoms with Crippen LogP contribution in [0.25, 0.3) is 10.9 Å². The molecule has 2 fully saturated rings. The van der Waals surface area contributed by atoms with Crippen LogP contribution < -0.4 is 0 Å². The summed E-state index contributed by atoms with van der Waals surface area (Å²) in [7, 11) is 0. The van der Waals surface area contributed by atoms with Crippen molar-refractivity contribution in [1.82, 2.24) is 14.8 Å². The number of amides is 2. The van der Waals surface area contributed by atoms with Crippen LogP contribution in [0.3, 0.4) is 0 Å². The Kier molecular flexibility index (Phi) is 7.90. The predicted octanol–water partition coefficient (Wildman–Crippen LogP) is 4.28. The first-order valence-corrected chi connectivity index (χ1v) is 14.6. The van der Waals surface area contributed by atoms with Crippen molar-refractivity contribution in [3.05, 3.63) is 107 Å². The molecule has 2 aliphatic rings.